The van der Waals surface area contributed by atoms with E-state index in [1.807, 2.05) is 0 Å². The summed E-state index contributed by atoms with van der Waals surface area (Å²) in [4.78, 5) is 12.0. The van der Waals surface area contributed by atoms with Gasteiger partial charge >= 0.3 is 0 Å². The lowest BCUT2D eigenvalue weighted by atomic mass is 9.77. The molecule has 4 saturated carbocycles. The highest BCUT2D eigenvalue weighted by molar-refractivity contribution is 5.61. The lowest BCUT2D eigenvalue weighted by Gasteiger charge is -2.29. The average molecular weight is 430 g/mol. The third kappa shape index (κ3) is 3.05. The number of rotatable bonds is 5. The third-order valence-electron chi connectivity index (χ3n) is 10.6. The number of hydrogen-bond acceptors (Lipinski definition) is 2. The zero-order chi connectivity index (χ0) is 22.0. The zero-order valence-corrected chi connectivity index (χ0v) is 19.6. The van der Waals surface area contributed by atoms with Crippen LogP contribution in [0, 0.1) is 46.8 Å². The van der Waals surface area contributed by atoms with Crippen LogP contribution in [0.3, 0.4) is 0 Å². The van der Waals surface area contributed by atoms with Crippen molar-refractivity contribution < 1.29 is 4.79 Å². The molecular formula is C30H39NO. The van der Waals surface area contributed by atoms with Crippen molar-refractivity contribution in [3.05, 3.63) is 53.6 Å². The highest BCUT2D eigenvalue weighted by atomic mass is 16.1. The first-order valence-corrected chi connectivity index (χ1v) is 13.2. The highest BCUT2D eigenvalue weighted by Crippen LogP contribution is 2.73. The summed E-state index contributed by atoms with van der Waals surface area (Å²) in [6, 6.07) is 8.67. The van der Waals surface area contributed by atoms with Gasteiger partial charge in [0.05, 0.1) is 6.04 Å². The number of carbonyl (C=O) groups excluding carboxylic acids is 1. The van der Waals surface area contributed by atoms with Crippen molar-refractivity contribution in [2.75, 3.05) is 0 Å². The molecule has 5 aliphatic rings. The summed E-state index contributed by atoms with van der Waals surface area (Å²) in [6.45, 7) is 6.89. The number of aldehydes is 1. The SMILES string of the molecule is C=C1CC[C@@H]2[C@H]([C@@H]3C[C@@H](C)C[C@H]13)[C@@]2(CC[C@@H]1C[C@@H]2C=Cc3ccccc3[C@@H]2C1)[C@H](N)C=O. The Morgan fingerprint density at radius 1 is 1.19 bits per heavy atom. The Bertz CT molecular complexity index is 948. The van der Waals surface area contributed by atoms with Gasteiger partial charge in [-0.3, -0.25) is 0 Å². The molecule has 2 N–H and O–H groups in total. The molecule has 0 saturated heterocycles. The molecule has 0 bridgehead atoms. The van der Waals surface area contributed by atoms with Crippen LogP contribution in [0.4, 0.5) is 0 Å². The molecule has 6 rings (SSSR count). The lowest BCUT2D eigenvalue weighted by molar-refractivity contribution is -0.110. The summed E-state index contributed by atoms with van der Waals surface area (Å²) in [7, 11) is 0. The van der Waals surface area contributed by atoms with Crippen LogP contribution in [0.1, 0.15) is 75.3 Å². The van der Waals surface area contributed by atoms with E-state index in [-0.39, 0.29) is 11.5 Å². The van der Waals surface area contributed by atoms with Gasteiger partial charge in [0.25, 0.3) is 0 Å². The molecule has 5 aliphatic carbocycles. The van der Waals surface area contributed by atoms with Crippen molar-refractivity contribution in [1.29, 1.82) is 0 Å². The number of hydrogen-bond donors (Lipinski definition) is 1. The monoisotopic (exact) mass is 429 g/mol. The first kappa shape index (κ1) is 20.9. The van der Waals surface area contributed by atoms with E-state index in [1.165, 1.54) is 49.7 Å². The number of carbonyl (C=O) groups is 1. The van der Waals surface area contributed by atoms with Crippen LogP contribution in [0.5, 0.6) is 0 Å². The molecule has 4 fully saturated rings. The summed E-state index contributed by atoms with van der Waals surface area (Å²) >= 11 is 0. The van der Waals surface area contributed by atoms with E-state index >= 15 is 0 Å². The van der Waals surface area contributed by atoms with E-state index in [2.05, 4.69) is 49.9 Å². The first-order chi connectivity index (χ1) is 15.5. The maximum absolute atomic E-state index is 12.0. The maximum atomic E-state index is 12.0. The molecule has 32 heavy (non-hydrogen) atoms. The summed E-state index contributed by atoms with van der Waals surface area (Å²) in [5.74, 6) is 5.62. The molecule has 0 aliphatic heterocycles. The van der Waals surface area contributed by atoms with Gasteiger partial charge in [0.15, 0.2) is 0 Å². The van der Waals surface area contributed by atoms with E-state index in [1.54, 1.807) is 5.56 Å². The Kier molecular flexibility index (Phi) is 5.02. The Hall–Kier alpha value is -1.67. The standard InChI is InChI=1S/C30H39NO/c1-18-13-24-19(2)7-10-27-29(26(24)14-18)30(27,28(31)17-32)12-11-20-15-22-9-8-21-5-3-4-6-23(21)25(22)16-20/h3-6,8-9,17-18,20,22,24-29H,2,7,10-16,31H2,1H3/t18-,20+,22-,24+,25+,26+,27+,28+,29-,30+/m0/s1. The van der Waals surface area contributed by atoms with E-state index in [4.69, 9.17) is 5.73 Å². The van der Waals surface area contributed by atoms with Crippen molar-refractivity contribution in [2.24, 2.45) is 52.6 Å². The van der Waals surface area contributed by atoms with Crippen LogP contribution in [0.15, 0.2) is 42.5 Å². The topological polar surface area (TPSA) is 43.1 Å². The van der Waals surface area contributed by atoms with Gasteiger partial charge in [-0.05, 0) is 115 Å². The van der Waals surface area contributed by atoms with E-state index in [0.717, 1.165) is 36.9 Å². The average Bonchev–Trinajstić information content (AvgIpc) is 3.07. The fourth-order valence-corrected chi connectivity index (χ4v) is 9.23. The van der Waals surface area contributed by atoms with Crippen LogP contribution in [-0.2, 0) is 4.79 Å². The molecule has 2 heteroatoms. The predicted molar refractivity (Wildman–Crippen MR) is 131 cm³/mol. The molecule has 0 radical (unpaired) electrons. The van der Waals surface area contributed by atoms with Gasteiger partial charge in [0, 0.05) is 0 Å². The Balaban J connectivity index is 1.20. The number of fused-ring (bicyclic) bond motifs is 6. The summed E-state index contributed by atoms with van der Waals surface area (Å²) in [5.41, 5.74) is 11.2. The number of allylic oxidation sites excluding steroid dienone is 2. The number of benzene rings is 1. The molecule has 0 spiro atoms. The molecule has 0 aromatic heterocycles. The van der Waals surface area contributed by atoms with Crippen molar-refractivity contribution >= 4 is 12.4 Å². The van der Waals surface area contributed by atoms with E-state index < -0.39 is 0 Å². The molecule has 0 heterocycles. The minimum absolute atomic E-state index is 0.0664. The predicted octanol–water partition coefficient (Wildman–Crippen LogP) is 6.37. The van der Waals surface area contributed by atoms with Crippen molar-refractivity contribution in [3.63, 3.8) is 0 Å². The van der Waals surface area contributed by atoms with E-state index in [0.29, 0.717) is 29.6 Å². The molecule has 1 aromatic rings. The second-order valence-corrected chi connectivity index (χ2v) is 12.1. The second-order valence-electron chi connectivity index (χ2n) is 12.1. The van der Waals surface area contributed by atoms with Crippen LogP contribution in [-0.4, -0.2) is 12.3 Å². The maximum Gasteiger partial charge on any atom is 0.137 e. The van der Waals surface area contributed by atoms with Crippen molar-refractivity contribution in [1.82, 2.24) is 0 Å². The van der Waals surface area contributed by atoms with E-state index in [9.17, 15) is 4.79 Å². The van der Waals surface area contributed by atoms with Gasteiger partial charge in [-0.25, -0.2) is 0 Å². The minimum atomic E-state index is -0.287. The molecule has 170 valence electrons. The summed E-state index contributed by atoms with van der Waals surface area (Å²) in [6.07, 6.45) is 15.9. The Morgan fingerprint density at radius 2 is 2.03 bits per heavy atom. The molecular weight excluding hydrogens is 390 g/mol. The smallest absolute Gasteiger partial charge is 0.137 e. The van der Waals surface area contributed by atoms with Gasteiger partial charge in [0.2, 0.25) is 0 Å². The highest BCUT2D eigenvalue weighted by Gasteiger charge is 2.70. The number of nitrogens with two attached hydrogens (primary N) is 1. The minimum Gasteiger partial charge on any atom is -0.321 e. The molecule has 0 unspecified atom stereocenters. The summed E-state index contributed by atoms with van der Waals surface area (Å²) in [5, 5.41) is 0. The van der Waals surface area contributed by atoms with Crippen molar-refractivity contribution in [3.8, 4) is 0 Å². The van der Waals surface area contributed by atoms with Crippen LogP contribution >= 0.6 is 0 Å². The van der Waals surface area contributed by atoms with Gasteiger partial charge in [-0.1, -0.05) is 55.5 Å². The fourth-order valence-electron chi connectivity index (χ4n) is 9.23. The van der Waals surface area contributed by atoms with Gasteiger partial charge in [0.1, 0.15) is 6.29 Å². The van der Waals surface area contributed by atoms with Crippen molar-refractivity contribution in [2.45, 2.75) is 70.3 Å². The fraction of sp³-hybridized carbons (Fsp3) is 0.633. The lowest BCUT2D eigenvalue weighted by Crippen LogP contribution is -2.37. The second kappa shape index (κ2) is 7.69. The summed E-state index contributed by atoms with van der Waals surface area (Å²) < 4.78 is 0. The zero-order valence-electron chi connectivity index (χ0n) is 19.6. The quantitative estimate of drug-likeness (QED) is 0.436. The van der Waals surface area contributed by atoms with Crippen LogP contribution in [0.25, 0.3) is 6.08 Å². The molecule has 1 aromatic carbocycles. The van der Waals surface area contributed by atoms with Gasteiger partial charge < -0.3 is 10.5 Å². The van der Waals surface area contributed by atoms with Gasteiger partial charge in [-0.2, -0.15) is 0 Å². The van der Waals surface area contributed by atoms with Crippen LogP contribution in [0.2, 0.25) is 0 Å². The third-order valence-corrected chi connectivity index (χ3v) is 10.6. The van der Waals surface area contributed by atoms with Crippen LogP contribution < -0.4 is 5.73 Å². The molecule has 0 amide bonds. The Labute approximate surface area is 193 Å². The largest absolute Gasteiger partial charge is 0.321 e. The normalized spacial score (nSPS) is 44.8. The molecule has 10 atom stereocenters. The molecule has 2 nitrogen and oxygen atoms in total. The first-order valence-electron chi connectivity index (χ1n) is 13.2. The Morgan fingerprint density at radius 3 is 2.88 bits per heavy atom. The van der Waals surface area contributed by atoms with Gasteiger partial charge in [-0.15, -0.1) is 0 Å².